The van der Waals surface area contributed by atoms with Crippen LogP contribution in [0.4, 0.5) is 13.9 Å². The SMILES string of the molecule is Cc1oc(-c2cccc(OC(F)F)c2)cc1C(=O)Nc1nc(CN2CCN(C)CC2)ns1. The minimum Gasteiger partial charge on any atom is -0.461 e. The highest BCUT2D eigenvalue weighted by Gasteiger charge is 2.20. The van der Waals surface area contributed by atoms with Crippen LogP contribution in [0.3, 0.4) is 0 Å². The number of anilines is 1. The molecule has 0 aliphatic carbocycles. The van der Waals surface area contributed by atoms with Crippen LogP contribution in [-0.4, -0.2) is 64.9 Å². The van der Waals surface area contributed by atoms with Crippen molar-refractivity contribution in [2.75, 3.05) is 38.5 Å². The van der Waals surface area contributed by atoms with Gasteiger partial charge in [-0.1, -0.05) is 12.1 Å². The predicted octanol–water partition coefficient (Wildman–Crippen LogP) is 3.71. The molecule has 0 radical (unpaired) electrons. The number of benzene rings is 1. The molecule has 1 aliphatic rings. The molecule has 1 aliphatic heterocycles. The van der Waals surface area contributed by atoms with Gasteiger partial charge in [-0.15, -0.1) is 0 Å². The second-order valence-electron chi connectivity index (χ2n) is 7.54. The van der Waals surface area contributed by atoms with E-state index in [1.807, 2.05) is 0 Å². The van der Waals surface area contributed by atoms with Crippen molar-refractivity contribution in [1.82, 2.24) is 19.2 Å². The summed E-state index contributed by atoms with van der Waals surface area (Å²) in [5.41, 5.74) is 0.853. The topological polar surface area (TPSA) is 83.7 Å². The molecule has 2 aromatic heterocycles. The Morgan fingerprint density at radius 3 is 2.81 bits per heavy atom. The summed E-state index contributed by atoms with van der Waals surface area (Å²) in [6, 6.07) is 7.69. The van der Waals surface area contributed by atoms with E-state index in [0.29, 0.717) is 40.1 Å². The summed E-state index contributed by atoms with van der Waals surface area (Å²) in [4.78, 5) is 21.7. The molecular weight excluding hydrogens is 440 g/mol. The van der Waals surface area contributed by atoms with E-state index in [-0.39, 0.29) is 11.7 Å². The molecule has 0 atom stereocenters. The third-order valence-corrected chi connectivity index (χ3v) is 5.82. The number of halogens is 2. The summed E-state index contributed by atoms with van der Waals surface area (Å²) in [6.07, 6.45) is 0. The lowest BCUT2D eigenvalue weighted by Crippen LogP contribution is -2.44. The van der Waals surface area contributed by atoms with Crippen LogP contribution in [0.2, 0.25) is 0 Å². The summed E-state index contributed by atoms with van der Waals surface area (Å²) in [5, 5.41) is 3.17. The zero-order valence-corrected chi connectivity index (χ0v) is 18.5. The Hall–Kier alpha value is -2.89. The van der Waals surface area contributed by atoms with Crippen molar-refractivity contribution in [3.8, 4) is 17.1 Å². The van der Waals surface area contributed by atoms with Gasteiger partial charge in [-0.25, -0.2) is 4.98 Å². The Bertz CT molecular complexity index is 1080. The van der Waals surface area contributed by atoms with Crippen molar-refractivity contribution in [3.63, 3.8) is 0 Å². The quantitative estimate of drug-likeness (QED) is 0.572. The van der Waals surface area contributed by atoms with E-state index in [0.717, 1.165) is 37.7 Å². The molecule has 1 N–H and O–H groups in total. The van der Waals surface area contributed by atoms with E-state index >= 15 is 0 Å². The fraction of sp³-hybridized carbons (Fsp3) is 0.381. The third kappa shape index (κ3) is 5.47. The minimum atomic E-state index is -2.92. The Morgan fingerprint density at radius 1 is 1.28 bits per heavy atom. The van der Waals surface area contributed by atoms with Gasteiger partial charge in [0.1, 0.15) is 17.3 Å². The number of carbonyl (C=O) groups is 1. The average Bonchev–Trinajstić information content (AvgIpc) is 3.35. The lowest BCUT2D eigenvalue weighted by atomic mass is 10.1. The van der Waals surface area contributed by atoms with E-state index in [2.05, 4.69) is 36.3 Å². The van der Waals surface area contributed by atoms with Gasteiger partial charge in [-0.05, 0) is 32.2 Å². The van der Waals surface area contributed by atoms with Gasteiger partial charge in [0.2, 0.25) is 5.13 Å². The number of aryl methyl sites for hydroxylation is 1. The van der Waals surface area contributed by atoms with Crippen molar-refractivity contribution < 1.29 is 22.7 Å². The number of piperazine rings is 1. The molecule has 170 valence electrons. The van der Waals surface area contributed by atoms with Gasteiger partial charge in [0.25, 0.3) is 5.91 Å². The zero-order chi connectivity index (χ0) is 22.7. The summed E-state index contributed by atoms with van der Waals surface area (Å²) < 4.78 is 39.4. The molecule has 1 saturated heterocycles. The van der Waals surface area contributed by atoms with Crippen LogP contribution >= 0.6 is 11.5 Å². The Morgan fingerprint density at radius 2 is 2.06 bits per heavy atom. The molecule has 3 aromatic rings. The summed E-state index contributed by atoms with van der Waals surface area (Å²) in [6.45, 7) is 3.32. The van der Waals surface area contributed by atoms with Crippen molar-refractivity contribution in [2.45, 2.75) is 20.1 Å². The first-order valence-electron chi connectivity index (χ1n) is 10.1. The molecule has 0 unspecified atom stereocenters. The number of rotatable bonds is 7. The number of hydrogen-bond donors (Lipinski definition) is 1. The van der Waals surface area contributed by atoms with Gasteiger partial charge >= 0.3 is 6.61 Å². The van der Waals surface area contributed by atoms with Gasteiger partial charge in [0, 0.05) is 43.3 Å². The Balaban J connectivity index is 1.41. The molecule has 1 amide bonds. The Labute approximate surface area is 188 Å². The van der Waals surface area contributed by atoms with Gasteiger partial charge in [-0.3, -0.25) is 15.0 Å². The number of ether oxygens (including phenoxy) is 1. The smallest absolute Gasteiger partial charge is 0.387 e. The highest BCUT2D eigenvalue weighted by molar-refractivity contribution is 7.09. The molecule has 0 bridgehead atoms. The average molecular weight is 464 g/mol. The molecule has 1 aromatic carbocycles. The highest BCUT2D eigenvalue weighted by Crippen LogP contribution is 2.29. The van der Waals surface area contributed by atoms with Crippen LogP contribution in [0.15, 0.2) is 34.7 Å². The number of aromatic nitrogens is 2. The van der Waals surface area contributed by atoms with Crippen LogP contribution in [0.25, 0.3) is 11.3 Å². The van der Waals surface area contributed by atoms with Crippen LogP contribution < -0.4 is 10.1 Å². The second-order valence-corrected chi connectivity index (χ2v) is 8.29. The van der Waals surface area contributed by atoms with E-state index in [4.69, 9.17) is 4.42 Å². The van der Waals surface area contributed by atoms with Crippen molar-refractivity contribution in [3.05, 3.63) is 47.5 Å². The van der Waals surface area contributed by atoms with Gasteiger partial charge < -0.3 is 14.1 Å². The fourth-order valence-corrected chi connectivity index (χ4v) is 3.99. The lowest BCUT2D eigenvalue weighted by molar-refractivity contribution is -0.0498. The van der Waals surface area contributed by atoms with Crippen molar-refractivity contribution in [1.29, 1.82) is 0 Å². The molecule has 3 heterocycles. The number of carbonyl (C=O) groups excluding carboxylic acids is 1. The molecule has 0 spiro atoms. The molecular formula is C21H23F2N5O3S. The fourth-order valence-electron chi connectivity index (χ4n) is 3.41. The van der Waals surface area contributed by atoms with Crippen molar-refractivity contribution in [2.24, 2.45) is 0 Å². The van der Waals surface area contributed by atoms with Gasteiger partial charge in [0.15, 0.2) is 5.82 Å². The van der Waals surface area contributed by atoms with E-state index in [1.165, 1.54) is 12.1 Å². The van der Waals surface area contributed by atoms with Crippen LogP contribution in [0, 0.1) is 6.92 Å². The highest BCUT2D eigenvalue weighted by atomic mass is 32.1. The van der Waals surface area contributed by atoms with Gasteiger partial charge in [0.05, 0.1) is 12.1 Å². The van der Waals surface area contributed by atoms with E-state index in [1.54, 1.807) is 25.1 Å². The standard InChI is InChI=1S/C21H23F2N5O3S/c1-13-16(11-17(30-13)14-4-3-5-15(10-14)31-20(22)23)19(29)25-21-24-18(26-32-21)12-28-8-6-27(2)7-9-28/h3-5,10-11,20H,6-9,12H2,1-2H3,(H,24,25,26,29). The van der Waals surface area contributed by atoms with Gasteiger partial charge in [-0.2, -0.15) is 13.2 Å². The van der Waals surface area contributed by atoms with E-state index < -0.39 is 6.61 Å². The first-order chi connectivity index (χ1) is 15.4. The van der Waals surface area contributed by atoms with Crippen LogP contribution in [0.5, 0.6) is 5.75 Å². The summed E-state index contributed by atoms with van der Waals surface area (Å²) in [7, 11) is 2.10. The number of alkyl halides is 2. The number of nitrogens with zero attached hydrogens (tertiary/aromatic N) is 4. The van der Waals surface area contributed by atoms with E-state index in [9.17, 15) is 13.6 Å². The number of likely N-dealkylation sites (N-methyl/N-ethyl adjacent to an activating group) is 1. The minimum absolute atomic E-state index is 0.0132. The molecule has 0 saturated carbocycles. The summed E-state index contributed by atoms with van der Waals surface area (Å²) in [5.74, 6) is 1.09. The van der Waals surface area contributed by atoms with Crippen LogP contribution in [-0.2, 0) is 6.54 Å². The molecule has 11 heteroatoms. The molecule has 32 heavy (non-hydrogen) atoms. The zero-order valence-electron chi connectivity index (χ0n) is 17.7. The molecule has 4 rings (SSSR count). The first kappa shape index (κ1) is 22.3. The number of hydrogen-bond acceptors (Lipinski definition) is 8. The molecule has 8 nitrogen and oxygen atoms in total. The number of furan rings is 1. The lowest BCUT2D eigenvalue weighted by Gasteiger charge is -2.31. The monoisotopic (exact) mass is 463 g/mol. The maximum absolute atomic E-state index is 12.8. The third-order valence-electron chi connectivity index (χ3n) is 5.16. The maximum Gasteiger partial charge on any atom is 0.387 e. The predicted molar refractivity (Wildman–Crippen MR) is 116 cm³/mol. The number of amides is 1. The normalized spacial score (nSPS) is 15.3. The Kier molecular flexibility index (Phi) is 6.77. The summed E-state index contributed by atoms with van der Waals surface area (Å²) >= 11 is 1.13. The van der Waals surface area contributed by atoms with Crippen LogP contribution in [0.1, 0.15) is 21.9 Å². The second kappa shape index (κ2) is 9.72. The number of nitrogens with one attached hydrogen (secondary N) is 1. The molecule has 1 fully saturated rings. The largest absolute Gasteiger partial charge is 0.461 e. The first-order valence-corrected chi connectivity index (χ1v) is 10.9. The maximum atomic E-state index is 12.8. The van der Waals surface area contributed by atoms with Crippen molar-refractivity contribution >= 4 is 22.6 Å².